The van der Waals surface area contributed by atoms with Gasteiger partial charge in [0.2, 0.25) is 5.91 Å². The van der Waals surface area contributed by atoms with Gasteiger partial charge in [0.15, 0.2) is 0 Å². The molecule has 0 bridgehead atoms. The second-order valence-corrected chi connectivity index (χ2v) is 5.95. The van der Waals surface area contributed by atoms with Crippen molar-refractivity contribution in [2.75, 3.05) is 0 Å². The van der Waals surface area contributed by atoms with Gasteiger partial charge >= 0.3 is 5.97 Å². The summed E-state index contributed by atoms with van der Waals surface area (Å²) in [6, 6.07) is 0. The summed E-state index contributed by atoms with van der Waals surface area (Å²) < 4.78 is 0. The van der Waals surface area contributed by atoms with Crippen molar-refractivity contribution in [1.29, 1.82) is 0 Å². The Morgan fingerprint density at radius 2 is 2.05 bits per heavy atom. The van der Waals surface area contributed by atoms with E-state index in [1.807, 2.05) is 0 Å². The van der Waals surface area contributed by atoms with E-state index in [9.17, 15) is 14.7 Å². The maximum atomic E-state index is 11.9. The zero-order chi connectivity index (χ0) is 14.3. The third-order valence-electron chi connectivity index (χ3n) is 4.04. The van der Waals surface area contributed by atoms with Crippen LogP contribution in [0.15, 0.2) is 0 Å². The molecule has 2 N–H and O–H groups in total. The van der Waals surface area contributed by atoms with Crippen molar-refractivity contribution >= 4 is 11.9 Å². The molecule has 110 valence electrons. The molecule has 0 aliphatic heterocycles. The lowest BCUT2D eigenvalue weighted by atomic mass is 9.76. The monoisotopic (exact) mass is 269 g/mol. The first-order chi connectivity index (χ1) is 9.00. The van der Waals surface area contributed by atoms with Crippen LogP contribution in [0.1, 0.15) is 71.6 Å². The van der Waals surface area contributed by atoms with Crippen LogP contribution >= 0.6 is 0 Å². The van der Waals surface area contributed by atoms with Gasteiger partial charge in [0, 0.05) is 6.42 Å². The van der Waals surface area contributed by atoms with E-state index >= 15 is 0 Å². The predicted molar refractivity (Wildman–Crippen MR) is 74.9 cm³/mol. The lowest BCUT2D eigenvalue weighted by molar-refractivity contribution is -0.150. The van der Waals surface area contributed by atoms with Crippen molar-refractivity contribution in [2.24, 2.45) is 5.92 Å². The molecule has 0 spiro atoms. The molecule has 2 unspecified atom stereocenters. The molecule has 0 radical (unpaired) electrons. The van der Waals surface area contributed by atoms with Crippen LogP contribution in [0.25, 0.3) is 0 Å². The second kappa shape index (κ2) is 7.51. The molecule has 0 aromatic rings. The number of carbonyl (C=O) groups is 2. The quantitative estimate of drug-likeness (QED) is 0.698. The molecule has 1 saturated carbocycles. The summed E-state index contributed by atoms with van der Waals surface area (Å²) in [4.78, 5) is 23.4. The van der Waals surface area contributed by atoms with Crippen molar-refractivity contribution in [2.45, 2.75) is 77.2 Å². The average Bonchev–Trinajstić information content (AvgIpc) is 2.34. The lowest BCUT2D eigenvalue weighted by Crippen LogP contribution is -2.56. The van der Waals surface area contributed by atoms with E-state index in [0.29, 0.717) is 25.2 Å². The molecule has 0 aromatic heterocycles. The normalized spacial score (nSPS) is 26.9. The Hall–Kier alpha value is -1.06. The van der Waals surface area contributed by atoms with Crippen LogP contribution in [-0.2, 0) is 9.59 Å². The fourth-order valence-electron chi connectivity index (χ4n) is 2.95. The summed E-state index contributed by atoms with van der Waals surface area (Å²) in [6.07, 6.45) is 7.67. The van der Waals surface area contributed by atoms with E-state index in [-0.39, 0.29) is 5.91 Å². The number of carboxylic acids is 1. The Kier molecular flexibility index (Phi) is 6.32. The molecule has 1 aliphatic rings. The highest BCUT2D eigenvalue weighted by molar-refractivity contribution is 5.87. The Morgan fingerprint density at radius 3 is 2.63 bits per heavy atom. The highest BCUT2D eigenvalue weighted by atomic mass is 16.4. The molecule has 1 fully saturated rings. The molecular formula is C15H27NO3. The molecule has 1 rings (SSSR count). The first kappa shape index (κ1) is 16.0. The van der Waals surface area contributed by atoms with E-state index in [1.54, 1.807) is 0 Å². The number of carboxylic acid groups (broad SMARTS) is 1. The third-order valence-corrected chi connectivity index (χ3v) is 4.04. The van der Waals surface area contributed by atoms with E-state index in [1.165, 1.54) is 0 Å². The minimum absolute atomic E-state index is 0.104. The maximum absolute atomic E-state index is 11.9. The molecule has 0 aromatic carbocycles. The molecule has 0 saturated heterocycles. The summed E-state index contributed by atoms with van der Waals surface area (Å²) in [5, 5.41) is 12.3. The number of rotatable bonds is 7. The fraction of sp³-hybridized carbons (Fsp3) is 0.867. The van der Waals surface area contributed by atoms with Gasteiger partial charge in [0.1, 0.15) is 5.54 Å². The second-order valence-electron chi connectivity index (χ2n) is 5.95. The summed E-state index contributed by atoms with van der Waals surface area (Å²) >= 11 is 0. The number of hydrogen-bond acceptors (Lipinski definition) is 2. The van der Waals surface area contributed by atoms with Crippen LogP contribution < -0.4 is 5.32 Å². The average molecular weight is 269 g/mol. The Bertz CT molecular complexity index is 317. The minimum Gasteiger partial charge on any atom is -0.480 e. The van der Waals surface area contributed by atoms with Crippen molar-refractivity contribution in [3.63, 3.8) is 0 Å². The zero-order valence-electron chi connectivity index (χ0n) is 12.2. The Balaban J connectivity index is 2.49. The molecule has 19 heavy (non-hydrogen) atoms. The standard InChI is InChI=1S/C15H27NO3/c1-3-4-5-6-9-13(17)16-15(14(18)19)10-7-8-12(2)11-15/h12H,3-11H2,1-2H3,(H,16,17)(H,18,19). The molecular weight excluding hydrogens is 242 g/mol. The van der Waals surface area contributed by atoms with Crippen LogP contribution in [0.5, 0.6) is 0 Å². The van der Waals surface area contributed by atoms with Crippen LogP contribution in [0, 0.1) is 5.92 Å². The minimum atomic E-state index is -1.01. The van der Waals surface area contributed by atoms with Gasteiger partial charge in [-0.2, -0.15) is 0 Å². The van der Waals surface area contributed by atoms with Gasteiger partial charge in [-0.3, -0.25) is 4.79 Å². The molecule has 1 aliphatic carbocycles. The topological polar surface area (TPSA) is 66.4 Å². The van der Waals surface area contributed by atoms with Gasteiger partial charge in [0.25, 0.3) is 0 Å². The summed E-state index contributed by atoms with van der Waals surface area (Å²) in [6.45, 7) is 4.19. The summed E-state index contributed by atoms with van der Waals surface area (Å²) in [5.74, 6) is -0.612. The van der Waals surface area contributed by atoms with E-state index < -0.39 is 11.5 Å². The summed E-state index contributed by atoms with van der Waals surface area (Å²) in [7, 11) is 0. The third kappa shape index (κ3) is 4.84. The van der Waals surface area contributed by atoms with Crippen LogP contribution in [0.3, 0.4) is 0 Å². The molecule has 4 nitrogen and oxygen atoms in total. The van der Waals surface area contributed by atoms with Gasteiger partial charge in [-0.1, -0.05) is 46.0 Å². The van der Waals surface area contributed by atoms with Crippen LogP contribution in [0.4, 0.5) is 0 Å². The number of unbranched alkanes of at least 4 members (excludes halogenated alkanes) is 3. The molecule has 0 heterocycles. The first-order valence-electron chi connectivity index (χ1n) is 7.54. The van der Waals surface area contributed by atoms with Gasteiger partial charge in [-0.15, -0.1) is 0 Å². The van der Waals surface area contributed by atoms with E-state index in [0.717, 1.165) is 38.5 Å². The molecule has 1 amide bonds. The highest BCUT2D eigenvalue weighted by Crippen LogP contribution is 2.32. The van der Waals surface area contributed by atoms with Crippen molar-refractivity contribution in [3.05, 3.63) is 0 Å². The van der Waals surface area contributed by atoms with Gasteiger partial charge in [-0.25, -0.2) is 4.79 Å². The van der Waals surface area contributed by atoms with Crippen LogP contribution in [-0.4, -0.2) is 22.5 Å². The van der Waals surface area contributed by atoms with Crippen molar-refractivity contribution in [3.8, 4) is 0 Å². The smallest absolute Gasteiger partial charge is 0.329 e. The maximum Gasteiger partial charge on any atom is 0.329 e. The molecule has 2 atom stereocenters. The van der Waals surface area contributed by atoms with Crippen molar-refractivity contribution in [1.82, 2.24) is 5.32 Å². The largest absolute Gasteiger partial charge is 0.480 e. The molecule has 4 heteroatoms. The fourth-order valence-corrected chi connectivity index (χ4v) is 2.95. The number of hydrogen-bond donors (Lipinski definition) is 2. The lowest BCUT2D eigenvalue weighted by Gasteiger charge is -2.37. The number of aliphatic carboxylic acids is 1. The predicted octanol–water partition coefficient (Wildman–Crippen LogP) is 3.11. The number of amides is 1. The van der Waals surface area contributed by atoms with Gasteiger partial charge < -0.3 is 10.4 Å². The Morgan fingerprint density at radius 1 is 1.32 bits per heavy atom. The van der Waals surface area contributed by atoms with Crippen LogP contribution in [0.2, 0.25) is 0 Å². The van der Waals surface area contributed by atoms with E-state index in [2.05, 4.69) is 19.2 Å². The Labute approximate surface area is 116 Å². The number of nitrogens with one attached hydrogen (secondary N) is 1. The van der Waals surface area contributed by atoms with E-state index in [4.69, 9.17) is 0 Å². The van der Waals surface area contributed by atoms with Crippen molar-refractivity contribution < 1.29 is 14.7 Å². The summed E-state index contributed by atoms with van der Waals surface area (Å²) in [5.41, 5.74) is -1.01. The van der Waals surface area contributed by atoms with Gasteiger partial charge in [0.05, 0.1) is 0 Å². The number of carbonyl (C=O) groups excluding carboxylic acids is 1. The van der Waals surface area contributed by atoms with Gasteiger partial charge in [-0.05, 0) is 25.2 Å². The zero-order valence-corrected chi connectivity index (χ0v) is 12.2. The SMILES string of the molecule is CCCCCCC(=O)NC1(C(=O)O)CCCC(C)C1. The first-order valence-corrected chi connectivity index (χ1v) is 7.54. The highest BCUT2D eigenvalue weighted by Gasteiger charge is 2.42.